The van der Waals surface area contributed by atoms with Crippen molar-refractivity contribution >= 4 is 17.5 Å². The fraction of sp³-hybridized carbons (Fsp3) is 0.357. The van der Waals surface area contributed by atoms with E-state index in [0.717, 1.165) is 18.7 Å². The van der Waals surface area contributed by atoms with Crippen molar-refractivity contribution in [3.63, 3.8) is 0 Å². The van der Waals surface area contributed by atoms with Gasteiger partial charge in [0.15, 0.2) is 5.78 Å². The normalized spacial score (nSPS) is 10.7. The van der Waals surface area contributed by atoms with Crippen LogP contribution in [-0.2, 0) is 4.79 Å². The highest BCUT2D eigenvalue weighted by molar-refractivity contribution is 5.91. The molecule has 0 unspecified atom stereocenters. The third-order valence-electron chi connectivity index (χ3n) is 2.53. The summed E-state index contributed by atoms with van der Waals surface area (Å²) in [6, 6.07) is 8.25. The standard InChI is InChI=1S/C14H19NO/c1-4-15(5-2)14-10-8-13(9-11-14)7-6-12(3)16/h6-11H,4-5H2,1-3H3/b7-6-. The predicted molar refractivity (Wildman–Crippen MR) is 69.7 cm³/mol. The first-order chi connectivity index (χ1) is 7.67. The summed E-state index contributed by atoms with van der Waals surface area (Å²) < 4.78 is 0. The van der Waals surface area contributed by atoms with Crippen LogP contribution in [0.4, 0.5) is 5.69 Å². The van der Waals surface area contributed by atoms with Crippen LogP contribution in [0.2, 0.25) is 0 Å². The van der Waals surface area contributed by atoms with Crippen molar-refractivity contribution in [2.45, 2.75) is 20.8 Å². The van der Waals surface area contributed by atoms with Crippen molar-refractivity contribution in [2.75, 3.05) is 18.0 Å². The van der Waals surface area contributed by atoms with Crippen LogP contribution in [0.3, 0.4) is 0 Å². The molecular weight excluding hydrogens is 198 g/mol. The van der Waals surface area contributed by atoms with Gasteiger partial charge in [-0.25, -0.2) is 0 Å². The number of benzene rings is 1. The van der Waals surface area contributed by atoms with E-state index in [-0.39, 0.29) is 5.78 Å². The quantitative estimate of drug-likeness (QED) is 0.706. The second kappa shape index (κ2) is 6.11. The topological polar surface area (TPSA) is 20.3 Å². The minimum Gasteiger partial charge on any atom is -0.372 e. The zero-order chi connectivity index (χ0) is 12.0. The highest BCUT2D eigenvalue weighted by atomic mass is 16.1. The maximum absolute atomic E-state index is 10.8. The lowest BCUT2D eigenvalue weighted by molar-refractivity contribution is -0.112. The summed E-state index contributed by atoms with van der Waals surface area (Å²) in [5, 5.41) is 0. The Labute approximate surface area is 97.6 Å². The number of carbonyl (C=O) groups is 1. The molecule has 0 radical (unpaired) electrons. The molecule has 0 aliphatic heterocycles. The van der Waals surface area contributed by atoms with Crippen LogP contribution in [-0.4, -0.2) is 18.9 Å². The predicted octanol–water partition coefficient (Wildman–Crippen LogP) is 3.14. The fourth-order valence-corrected chi connectivity index (χ4v) is 1.60. The van der Waals surface area contributed by atoms with Crippen LogP contribution in [0.25, 0.3) is 6.08 Å². The zero-order valence-electron chi connectivity index (χ0n) is 10.2. The van der Waals surface area contributed by atoms with E-state index in [2.05, 4.69) is 30.9 Å². The van der Waals surface area contributed by atoms with Gasteiger partial charge in [-0.05, 0) is 44.5 Å². The minimum atomic E-state index is 0.0767. The van der Waals surface area contributed by atoms with Crippen molar-refractivity contribution in [3.8, 4) is 0 Å². The first-order valence-corrected chi connectivity index (χ1v) is 5.71. The van der Waals surface area contributed by atoms with Crippen LogP contribution in [0.5, 0.6) is 0 Å². The molecular formula is C14H19NO. The van der Waals surface area contributed by atoms with Gasteiger partial charge in [0.05, 0.1) is 0 Å². The first-order valence-electron chi connectivity index (χ1n) is 5.71. The van der Waals surface area contributed by atoms with Gasteiger partial charge in [-0.1, -0.05) is 18.2 Å². The Kier molecular flexibility index (Phi) is 4.77. The largest absolute Gasteiger partial charge is 0.372 e. The van der Waals surface area contributed by atoms with Crippen molar-refractivity contribution in [1.29, 1.82) is 0 Å². The maximum atomic E-state index is 10.8. The van der Waals surface area contributed by atoms with E-state index >= 15 is 0 Å². The molecule has 0 bridgehead atoms. The van der Waals surface area contributed by atoms with Gasteiger partial charge in [0.2, 0.25) is 0 Å². The number of rotatable bonds is 5. The maximum Gasteiger partial charge on any atom is 0.152 e. The van der Waals surface area contributed by atoms with Crippen LogP contribution in [0.1, 0.15) is 26.3 Å². The highest BCUT2D eigenvalue weighted by Crippen LogP contribution is 2.15. The molecule has 1 rings (SSSR count). The molecule has 1 aromatic rings. The molecule has 0 fully saturated rings. The molecule has 86 valence electrons. The monoisotopic (exact) mass is 217 g/mol. The molecule has 2 heteroatoms. The smallest absolute Gasteiger partial charge is 0.152 e. The van der Waals surface area contributed by atoms with Gasteiger partial charge in [0.1, 0.15) is 0 Å². The van der Waals surface area contributed by atoms with Crippen LogP contribution >= 0.6 is 0 Å². The van der Waals surface area contributed by atoms with E-state index < -0.39 is 0 Å². The Balaban J connectivity index is 2.78. The van der Waals surface area contributed by atoms with E-state index in [9.17, 15) is 4.79 Å². The van der Waals surface area contributed by atoms with Crippen molar-refractivity contribution in [3.05, 3.63) is 35.9 Å². The average molecular weight is 217 g/mol. The Bertz CT molecular complexity index is 361. The Morgan fingerprint density at radius 3 is 2.19 bits per heavy atom. The van der Waals surface area contributed by atoms with Crippen molar-refractivity contribution in [1.82, 2.24) is 0 Å². The fourth-order valence-electron chi connectivity index (χ4n) is 1.60. The average Bonchev–Trinajstić information content (AvgIpc) is 2.29. The second-order valence-corrected chi connectivity index (χ2v) is 3.71. The van der Waals surface area contributed by atoms with Crippen LogP contribution < -0.4 is 4.90 Å². The summed E-state index contributed by atoms with van der Waals surface area (Å²) in [5.74, 6) is 0.0767. The lowest BCUT2D eigenvalue weighted by Crippen LogP contribution is -2.21. The summed E-state index contributed by atoms with van der Waals surface area (Å²) >= 11 is 0. The van der Waals surface area contributed by atoms with Gasteiger partial charge < -0.3 is 4.90 Å². The third-order valence-corrected chi connectivity index (χ3v) is 2.53. The summed E-state index contributed by atoms with van der Waals surface area (Å²) in [4.78, 5) is 13.1. The van der Waals surface area contributed by atoms with E-state index in [4.69, 9.17) is 0 Å². The molecule has 0 aliphatic rings. The molecule has 0 amide bonds. The molecule has 0 saturated heterocycles. The van der Waals surface area contributed by atoms with Crippen LogP contribution in [0.15, 0.2) is 30.3 Å². The molecule has 0 atom stereocenters. The second-order valence-electron chi connectivity index (χ2n) is 3.71. The zero-order valence-corrected chi connectivity index (χ0v) is 10.2. The lowest BCUT2D eigenvalue weighted by atomic mass is 10.1. The molecule has 0 spiro atoms. The molecule has 0 aromatic heterocycles. The van der Waals surface area contributed by atoms with Gasteiger partial charge in [-0.2, -0.15) is 0 Å². The Morgan fingerprint density at radius 2 is 1.75 bits per heavy atom. The number of allylic oxidation sites excluding steroid dienone is 1. The number of hydrogen-bond donors (Lipinski definition) is 0. The molecule has 0 aliphatic carbocycles. The van der Waals surface area contributed by atoms with Crippen molar-refractivity contribution in [2.24, 2.45) is 0 Å². The first kappa shape index (κ1) is 12.5. The Hall–Kier alpha value is -1.57. The minimum absolute atomic E-state index is 0.0767. The number of hydrogen-bond acceptors (Lipinski definition) is 2. The molecule has 0 N–H and O–H groups in total. The van der Waals surface area contributed by atoms with Crippen LogP contribution in [0, 0.1) is 0 Å². The summed E-state index contributed by atoms with van der Waals surface area (Å²) in [6.45, 7) is 7.87. The third kappa shape index (κ3) is 3.54. The number of nitrogens with zero attached hydrogens (tertiary/aromatic N) is 1. The van der Waals surface area contributed by atoms with Gasteiger partial charge in [0.25, 0.3) is 0 Å². The summed E-state index contributed by atoms with van der Waals surface area (Å²) in [5.41, 5.74) is 2.29. The summed E-state index contributed by atoms with van der Waals surface area (Å²) in [7, 11) is 0. The lowest BCUT2D eigenvalue weighted by Gasteiger charge is -2.20. The molecule has 16 heavy (non-hydrogen) atoms. The van der Waals surface area contributed by atoms with E-state index in [1.165, 1.54) is 5.69 Å². The highest BCUT2D eigenvalue weighted by Gasteiger charge is 1.99. The summed E-state index contributed by atoms with van der Waals surface area (Å²) in [6.07, 6.45) is 3.43. The van der Waals surface area contributed by atoms with Gasteiger partial charge in [0, 0.05) is 18.8 Å². The van der Waals surface area contributed by atoms with Gasteiger partial charge in [-0.3, -0.25) is 4.79 Å². The van der Waals surface area contributed by atoms with E-state index in [0.29, 0.717) is 0 Å². The van der Waals surface area contributed by atoms with Gasteiger partial charge >= 0.3 is 0 Å². The number of carbonyl (C=O) groups excluding carboxylic acids is 1. The molecule has 2 nitrogen and oxygen atoms in total. The van der Waals surface area contributed by atoms with E-state index in [1.807, 2.05) is 18.2 Å². The van der Waals surface area contributed by atoms with E-state index in [1.54, 1.807) is 13.0 Å². The van der Waals surface area contributed by atoms with Gasteiger partial charge in [-0.15, -0.1) is 0 Å². The van der Waals surface area contributed by atoms with Crippen molar-refractivity contribution < 1.29 is 4.79 Å². The molecule has 0 heterocycles. The SMILES string of the molecule is CCN(CC)c1ccc(/C=C\C(C)=O)cc1. The number of ketones is 1. The molecule has 0 saturated carbocycles. The molecule has 1 aromatic carbocycles. The number of anilines is 1. The Morgan fingerprint density at radius 1 is 1.19 bits per heavy atom.